The predicted molar refractivity (Wildman–Crippen MR) is 78.3 cm³/mol. The molecule has 1 heterocycles. The van der Waals surface area contributed by atoms with Gasteiger partial charge >= 0.3 is 0 Å². The summed E-state index contributed by atoms with van der Waals surface area (Å²) in [5.74, 6) is 0.149. The van der Waals surface area contributed by atoms with Crippen molar-refractivity contribution >= 4 is 38.3 Å². The number of amides is 1. The van der Waals surface area contributed by atoms with Crippen molar-refractivity contribution in [3.05, 3.63) is 33.4 Å². The van der Waals surface area contributed by atoms with Gasteiger partial charge < -0.3 is 4.90 Å². The van der Waals surface area contributed by atoms with Crippen LogP contribution in [0, 0.1) is 3.57 Å². The van der Waals surface area contributed by atoms with E-state index < -0.39 is 9.84 Å². The molecule has 0 spiro atoms. The summed E-state index contributed by atoms with van der Waals surface area (Å²) in [7, 11) is -1.29. The Bertz CT molecular complexity index is 570. The maximum absolute atomic E-state index is 12.2. The van der Waals surface area contributed by atoms with E-state index in [4.69, 9.17) is 0 Å². The van der Waals surface area contributed by atoms with Crippen LogP contribution in [0.4, 0.5) is 0 Å². The molecule has 98 valence electrons. The van der Waals surface area contributed by atoms with E-state index in [1.54, 1.807) is 18.0 Å². The second-order valence-corrected chi connectivity index (χ2v) is 7.96. The first-order valence-electron chi connectivity index (χ1n) is 5.62. The molecule has 1 fully saturated rings. The Balaban J connectivity index is 2.15. The molecule has 1 aromatic rings. The number of halogens is 1. The minimum atomic E-state index is -2.96. The van der Waals surface area contributed by atoms with Crippen LogP contribution in [0.3, 0.4) is 0 Å². The second-order valence-electron chi connectivity index (χ2n) is 4.48. The minimum absolute atomic E-state index is 0.0825. The SMILES string of the molecule is CN(C(=O)c1cccc(I)c1)[C@H]1CCS(=O)(=O)C1. The van der Waals surface area contributed by atoms with E-state index in [9.17, 15) is 13.2 Å². The van der Waals surface area contributed by atoms with Crippen LogP contribution >= 0.6 is 22.6 Å². The van der Waals surface area contributed by atoms with Crippen LogP contribution in [-0.2, 0) is 9.84 Å². The van der Waals surface area contributed by atoms with Gasteiger partial charge in [0, 0.05) is 22.2 Å². The Hall–Kier alpha value is -0.630. The van der Waals surface area contributed by atoms with E-state index in [-0.39, 0.29) is 23.5 Å². The quantitative estimate of drug-likeness (QED) is 0.733. The van der Waals surface area contributed by atoms with Crippen LogP contribution in [0.25, 0.3) is 0 Å². The van der Waals surface area contributed by atoms with Gasteiger partial charge in [-0.2, -0.15) is 0 Å². The van der Waals surface area contributed by atoms with Crippen molar-refractivity contribution in [2.24, 2.45) is 0 Å². The van der Waals surface area contributed by atoms with E-state index in [2.05, 4.69) is 22.6 Å². The summed E-state index contributed by atoms with van der Waals surface area (Å²) in [6.45, 7) is 0. The molecule has 1 atom stereocenters. The second kappa shape index (κ2) is 5.16. The Kier molecular flexibility index (Phi) is 3.96. The lowest BCUT2D eigenvalue weighted by atomic mass is 10.1. The Morgan fingerprint density at radius 2 is 2.17 bits per heavy atom. The van der Waals surface area contributed by atoms with Crippen LogP contribution in [0.2, 0.25) is 0 Å². The van der Waals surface area contributed by atoms with Crippen molar-refractivity contribution in [3.8, 4) is 0 Å². The molecule has 0 N–H and O–H groups in total. The highest BCUT2D eigenvalue weighted by Crippen LogP contribution is 2.19. The highest BCUT2D eigenvalue weighted by Gasteiger charge is 2.32. The molecule has 4 nitrogen and oxygen atoms in total. The minimum Gasteiger partial charge on any atom is -0.338 e. The lowest BCUT2D eigenvalue weighted by Gasteiger charge is -2.23. The van der Waals surface area contributed by atoms with Gasteiger partial charge in [-0.05, 0) is 47.2 Å². The zero-order chi connectivity index (χ0) is 13.3. The van der Waals surface area contributed by atoms with Crippen molar-refractivity contribution < 1.29 is 13.2 Å². The van der Waals surface area contributed by atoms with Crippen molar-refractivity contribution in [2.45, 2.75) is 12.5 Å². The monoisotopic (exact) mass is 379 g/mol. The van der Waals surface area contributed by atoms with Gasteiger partial charge in [0.2, 0.25) is 0 Å². The number of hydrogen-bond donors (Lipinski definition) is 0. The molecule has 1 aliphatic rings. The fourth-order valence-corrected chi connectivity index (χ4v) is 4.39. The number of rotatable bonds is 2. The molecule has 2 rings (SSSR count). The number of benzene rings is 1. The molecule has 1 aromatic carbocycles. The largest absolute Gasteiger partial charge is 0.338 e. The van der Waals surface area contributed by atoms with Crippen molar-refractivity contribution in [1.82, 2.24) is 4.90 Å². The van der Waals surface area contributed by atoms with Gasteiger partial charge in [0.15, 0.2) is 9.84 Å². The highest BCUT2D eigenvalue weighted by molar-refractivity contribution is 14.1. The lowest BCUT2D eigenvalue weighted by molar-refractivity contribution is 0.0747. The first-order chi connectivity index (χ1) is 8.39. The summed E-state index contributed by atoms with van der Waals surface area (Å²) in [6.07, 6.45) is 0.536. The van der Waals surface area contributed by atoms with Gasteiger partial charge in [-0.25, -0.2) is 8.42 Å². The number of hydrogen-bond acceptors (Lipinski definition) is 3. The van der Waals surface area contributed by atoms with E-state index >= 15 is 0 Å². The lowest BCUT2D eigenvalue weighted by Crippen LogP contribution is -2.37. The van der Waals surface area contributed by atoms with E-state index in [1.165, 1.54) is 0 Å². The molecule has 0 radical (unpaired) electrons. The van der Waals surface area contributed by atoms with Crippen molar-refractivity contribution in [2.75, 3.05) is 18.6 Å². The molecule has 1 saturated heterocycles. The molecule has 0 unspecified atom stereocenters. The van der Waals surface area contributed by atoms with E-state index in [1.807, 2.05) is 18.2 Å². The van der Waals surface area contributed by atoms with Gasteiger partial charge in [0.1, 0.15) is 0 Å². The molecule has 0 aromatic heterocycles. The van der Waals surface area contributed by atoms with E-state index in [0.29, 0.717) is 12.0 Å². The third kappa shape index (κ3) is 3.03. The topological polar surface area (TPSA) is 54.5 Å². The maximum Gasteiger partial charge on any atom is 0.253 e. The molecule has 6 heteroatoms. The molecule has 0 bridgehead atoms. The average Bonchev–Trinajstić information content (AvgIpc) is 2.68. The van der Waals surface area contributed by atoms with Gasteiger partial charge in [-0.15, -0.1) is 0 Å². The van der Waals surface area contributed by atoms with Crippen molar-refractivity contribution in [3.63, 3.8) is 0 Å². The summed E-state index contributed by atoms with van der Waals surface area (Å²) < 4.78 is 23.8. The molecule has 1 amide bonds. The maximum atomic E-state index is 12.2. The average molecular weight is 379 g/mol. The molecule has 1 aliphatic heterocycles. The summed E-state index contributed by atoms with van der Waals surface area (Å²) in [4.78, 5) is 13.8. The number of carbonyl (C=O) groups excluding carboxylic acids is 1. The zero-order valence-corrected chi connectivity index (χ0v) is 12.9. The molecular formula is C12H14INO3S. The van der Waals surface area contributed by atoms with Crippen LogP contribution in [0.5, 0.6) is 0 Å². The van der Waals surface area contributed by atoms with Crippen LogP contribution in [0.1, 0.15) is 16.8 Å². The number of sulfone groups is 1. The molecule has 18 heavy (non-hydrogen) atoms. The third-order valence-electron chi connectivity index (χ3n) is 3.15. The summed E-state index contributed by atoms with van der Waals surface area (Å²) in [5, 5.41) is 0. The zero-order valence-electron chi connectivity index (χ0n) is 9.97. The fraction of sp³-hybridized carbons (Fsp3) is 0.417. The summed E-state index contributed by atoms with van der Waals surface area (Å²) >= 11 is 2.15. The summed E-state index contributed by atoms with van der Waals surface area (Å²) in [5.41, 5.74) is 0.605. The van der Waals surface area contributed by atoms with Gasteiger partial charge in [0.05, 0.1) is 11.5 Å². The molecule has 0 saturated carbocycles. The van der Waals surface area contributed by atoms with Crippen molar-refractivity contribution in [1.29, 1.82) is 0 Å². The van der Waals surface area contributed by atoms with Crippen LogP contribution in [-0.4, -0.2) is 43.8 Å². The highest BCUT2D eigenvalue weighted by atomic mass is 127. The van der Waals surface area contributed by atoms with E-state index in [0.717, 1.165) is 3.57 Å². The molecule has 0 aliphatic carbocycles. The Labute approximate surface area is 120 Å². The smallest absolute Gasteiger partial charge is 0.253 e. The van der Waals surface area contributed by atoms with Crippen LogP contribution < -0.4 is 0 Å². The first-order valence-corrected chi connectivity index (χ1v) is 8.52. The first kappa shape index (κ1) is 13.8. The van der Waals surface area contributed by atoms with Gasteiger partial charge in [0.25, 0.3) is 5.91 Å². The predicted octanol–water partition coefficient (Wildman–Crippen LogP) is 1.55. The van der Waals surface area contributed by atoms with Crippen LogP contribution in [0.15, 0.2) is 24.3 Å². The normalized spacial score (nSPS) is 21.8. The van der Waals surface area contributed by atoms with Gasteiger partial charge in [-0.1, -0.05) is 6.07 Å². The number of carbonyl (C=O) groups is 1. The number of nitrogens with zero attached hydrogens (tertiary/aromatic N) is 1. The Morgan fingerprint density at radius 3 is 2.72 bits per heavy atom. The molecular weight excluding hydrogens is 365 g/mol. The summed E-state index contributed by atoms with van der Waals surface area (Å²) in [6, 6.07) is 7.11. The Morgan fingerprint density at radius 1 is 1.44 bits per heavy atom. The standard InChI is InChI=1S/C12H14INO3S/c1-14(11-5-6-18(16,17)8-11)12(15)9-3-2-4-10(13)7-9/h2-4,7,11H,5-6,8H2,1H3/t11-/m0/s1. The van der Waals surface area contributed by atoms with Gasteiger partial charge in [-0.3, -0.25) is 4.79 Å². The third-order valence-corrected chi connectivity index (χ3v) is 5.57. The fourth-order valence-electron chi connectivity index (χ4n) is 2.07.